The van der Waals surface area contributed by atoms with E-state index in [9.17, 15) is 5.21 Å². The van der Waals surface area contributed by atoms with Crippen molar-refractivity contribution in [2.75, 3.05) is 7.05 Å². The van der Waals surface area contributed by atoms with E-state index in [2.05, 4.69) is 30.7 Å². The fourth-order valence-corrected chi connectivity index (χ4v) is 0.412. The first-order valence-corrected chi connectivity index (χ1v) is 2.75. The Hall–Kier alpha value is -1.73. The van der Waals surface area contributed by atoms with Crippen molar-refractivity contribution in [1.29, 1.82) is 0 Å². The van der Waals surface area contributed by atoms with Crippen LogP contribution in [0, 0.1) is 5.21 Å². The van der Waals surface area contributed by atoms with E-state index in [4.69, 9.17) is 0 Å². The molecule has 1 aromatic heterocycles. The van der Waals surface area contributed by atoms with Gasteiger partial charge in [-0.3, -0.25) is 0 Å². The third-order valence-corrected chi connectivity index (χ3v) is 0.756. The van der Waals surface area contributed by atoms with Gasteiger partial charge in [-0.1, -0.05) is 10.1 Å². The summed E-state index contributed by atoms with van der Waals surface area (Å²) in [6, 6.07) is 0. The summed E-state index contributed by atoms with van der Waals surface area (Å²) in [7, 11) is 1.20. The lowest BCUT2D eigenvalue weighted by molar-refractivity contribution is -0.531. The van der Waals surface area contributed by atoms with E-state index in [0.29, 0.717) is 10.7 Å². The molecule has 0 atom stereocenters. The molecule has 1 heterocycles. The Bertz CT molecular complexity index is 226. The minimum Gasteiger partial charge on any atom is -0.598 e. The van der Waals surface area contributed by atoms with Crippen LogP contribution in [0.15, 0.2) is 5.28 Å². The highest BCUT2D eigenvalue weighted by molar-refractivity contribution is 4.69. The predicted octanol–water partition coefficient (Wildman–Crippen LogP) is -0.776. The molecule has 0 radical (unpaired) electrons. The van der Waals surface area contributed by atoms with Gasteiger partial charge in [-0.05, 0) is 0 Å². The van der Waals surface area contributed by atoms with Crippen LogP contribution < -0.4 is 0 Å². The Morgan fingerprint density at radius 1 is 1.82 bits per heavy atom. The van der Waals surface area contributed by atoms with Gasteiger partial charge in [0.15, 0.2) is 18.9 Å². The summed E-state index contributed by atoms with van der Waals surface area (Å²) in [5, 5.41) is 25.8. The van der Waals surface area contributed by atoms with E-state index in [0.717, 1.165) is 0 Å². The molecule has 0 unspecified atom stereocenters. The van der Waals surface area contributed by atoms with E-state index in [-0.39, 0.29) is 6.61 Å². The molecule has 1 N–H and O–H groups in total. The van der Waals surface area contributed by atoms with Crippen molar-refractivity contribution in [2.24, 2.45) is 5.28 Å². The minimum atomic E-state index is 0.0308. The molecular weight excluding hydrogens is 152 g/mol. The Balaban J connectivity index is 2.30. The minimum absolute atomic E-state index is 0.0308. The van der Waals surface area contributed by atoms with Gasteiger partial charge in [0.2, 0.25) is 5.82 Å². The maximum absolute atomic E-state index is 10.1. The van der Waals surface area contributed by atoms with E-state index in [1.54, 1.807) is 0 Å². The lowest BCUT2D eigenvalue weighted by Crippen LogP contribution is -1.94. The van der Waals surface area contributed by atoms with Crippen LogP contribution in [0.5, 0.6) is 0 Å². The number of hydrogen-bond donors (Lipinski definition) is 1. The van der Waals surface area contributed by atoms with Gasteiger partial charge >= 0.3 is 0 Å². The molecule has 0 aromatic carbocycles. The van der Waals surface area contributed by atoms with E-state index in [1.807, 2.05) is 0 Å². The Morgan fingerprint density at radius 2 is 2.64 bits per heavy atom. The molecule has 11 heavy (non-hydrogen) atoms. The van der Waals surface area contributed by atoms with Gasteiger partial charge in [-0.15, -0.1) is 10.2 Å². The van der Waals surface area contributed by atoms with Gasteiger partial charge < -0.3 is 10.0 Å². The molecule has 8 heteroatoms. The summed E-state index contributed by atoms with van der Waals surface area (Å²) in [6.07, 6.45) is 0. The van der Waals surface area contributed by atoms with Crippen molar-refractivity contribution in [2.45, 2.75) is 6.61 Å². The molecule has 0 aliphatic carbocycles. The Kier molecular flexibility index (Phi) is 2.31. The van der Waals surface area contributed by atoms with Crippen LogP contribution in [0.2, 0.25) is 0 Å². The summed E-state index contributed by atoms with van der Waals surface area (Å²) in [6.45, 7) is 0.0308. The molecular formula is C3H6N6O2. The zero-order valence-electron chi connectivity index (χ0n) is 5.76. The molecule has 0 bridgehead atoms. The third-order valence-electron chi connectivity index (χ3n) is 0.756. The van der Waals surface area contributed by atoms with Gasteiger partial charge in [0.05, 0.1) is 0 Å². The number of rotatable bonds is 3. The molecule has 0 saturated heterocycles. The van der Waals surface area contributed by atoms with Crippen molar-refractivity contribution in [3.05, 3.63) is 11.0 Å². The second-order valence-electron chi connectivity index (χ2n) is 1.65. The van der Waals surface area contributed by atoms with Crippen LogP contribution in [0.4, 0.5) is 0 Å². The van der Waals surface area contributed by atoms with E-state index >= 15 is 0 Å². The number of nitrogens with zero attached hydrogens (tertiary/aromatic N) is 5. The summed E-state index contributed by atoms with van der Waals surface area (Å²) in [4.78, 5) is 4.78. The average molecular weight is 158 g/mol. The zero-order chi connectivity index (χ0) is 8.10. The predicted molar refractivity (Wildman–Crippen MR) is 30.9 cm³/mol. The highest BCUT2D eigenvalue weighted by Gasteiger charge is 1.97. The van der Waals surface area contributed by atoms with Crippen LogP contribution in [0.3, 0.4) is 0 Å². The van der Waals surface area contributed by atoms with Crippen molar-refractivity contribution < 1.29 is 9.70 Å². The van der Waals surface area contributed by atoms with Crippen LogP contribution >= 0.6 is 0 Å². The van der Waals surface area contributed by atoms with Crippen LogP contribution in [-0.2, 0) is 11.4 Å². The molecule has 0 spiro atoms. The topological polar surface area (TPSA) is 102 Å². The van der Waals surface area contributed by atoms with Crippen molar-refractivity contribution in [1.82, 2.24) is 20.6 Å². The molecule has 60 valence electrons. The fourth-order valence-electron chi connectivity index (χ4n) is 0.412. The molecule has 0 aliphatic heterocycles. The summed E-state index contributed by atoms with van der Waals surface area (Å²) >= 11 is 0. The number of H-pyrrole nitrogens is 1. The van der Waals surface area contributed by atoms with Crippen LogP contribution in [-0.4, -0.2) is 32.5 Å². The second kappa shape index (κ2) is 3.44. The zero-order valence-corrected chi connectivity index (χ0v) is 5.76. The summed E-state index contributed by atoms with van der Waals surface area (Å²) < 4.78 is 0. The van der Waals surface area contributed by atoms with Gasteiger partial charge in [0.25, 0.3) is 0 Å². The van der Waals surface area contributed by atoms with Gasteiger partial charge in [-0.2, -0.15) is 5.21 Å². The molecule has 1 rings (SSSR count). The number of hydrogen-bond acceptors (Lipinski definition) is 6. The Labute approximate surface area is 61.4 Å². The molecule has 0 amide bonds. The smallest absolute Gasteiger partial charge is 0.214 e. The SMILES string of the molecule is C[N+]([O-])=NOCc1nn[nH]n1. The number of nitrogens with one attached hydrogen (secondary N) is 1. The molecule has 0 saturated carbocycles. The highest BCUT2D eigenvalue weighted by Crippen LogP contribution is 1.88. The van der Waals surface area contributed by atoms with Gasteiger partial charge in [0, 0.05) is 0 Å². The van der Waals surface area contributed by atoms with E-state index in [1.165, 1.54) is 7.05 Å². The van der Waals surface area contributed by atoms with Crippen molar-refractivity contribution in [3.63, 3.8) is 0 Å². The van der Waals surface area contributed by atoms with Crippen molar-refractivity contribution >= 4 is 0 Å². The summed E-state index contributed by atoms with van der Waals surface area (Å²) in [5.74, 6) is 0.343. The quantitative estimate of drug-likeness (QED) is 0.353. The van der Waals surface area contributed by atoms with E-state index < -0.39 is 0 Å². The number of hydroxylamine groups is 1. The fraction of sp³-hybridized carbons (Fsp3) is 0.667. The van der Waals surface area contributed by atoms with Gasteiger partial charge in [0.1, 0.15) is 0 Å². The van der Waals surface area contributed by atoms with Crippen molar-refractivity contribution in [3.8, 4) is 0 Å². The maximum atomic E-state index is 10.1. The van der Waals surface area contributed by atoms with Gasteiger partial charge in [-0.25, -0.2) is 0 Å². The normalized spacial score (nSPS) is 11.5. The number of aromatic amines is 1. The second-order valence-corrected chi connectivity index (χ2v) is 1.65. The van der Waals surface area contributed by atoms with Crippen LogP contribution in [0.25, 0.3) is 0 Å². The van der Waals surface area contributed by atoms with Crippen LogP contribution in [0.1, 0.15) is 5.82 Å². The monoisotopic (exact) mass is 158 g/mol. The standard InChI is InChI=1S/C3H6N6O2/c1-9(10)8-11-2-3-4-6-7-5-3/h2H2,1H3,(H,4,5,6,7). The molecule has 0 aliphatic rings. The molecule has 0 fully saturated rings. The first-order chi connectivity index (χ1) is 5.29. The largest absolute Gasteiger partial charge is 0.598 e. The first kappa shape index (κ1) is 7.38. The highest BCUT2D eigenvalue weighted by atomic mass is 16.7. The Morgan fingerprint density at radius 3 is 3.18 bits per heavy atom. The number of aromatic nitrogens is 4. The third kappa shape index (κ3) is 2.56. The maximum Gasteiger partial charge on any atom is 0.214 e. The lowest BCUT2D eigenvalue weighted by Gasteiger charge is -1.90. The molecule has 8 nitrogen and oxygen atoms in total. The first-order valence-electron chi connectivity index (χ1n) is 2.75. The average Bonchev–Trinajstić information content (AvgIpc) is 2.39. The lowest BCUT2D eigenvalue weighted by atomic mass is 10.7. The summed E-state index contributed by atoms with van der Waals surface area (Å²) in [5.41, 5.74) is 0. The molecule has 1 aromatic rings. The number of tetrazole rings is 1.